The van der Waals surface area contributed by atoms with Crippen molar-refractivity contribution in [1.82, 2.24) is 50.3 Å². The van der Waals surface area contributed by atoms with Gasteiger partial charge < -0.3 is 39.9 Å². The molecule has 3 aromatic carbocycles. The van der Waals surface area contributed by atoms with Crippen LogP contribution in [0.5, 0.6) is 0 Å². The first-order valence-corrected chi connectivity index (χ1v) is 21.5. The van der Waals surface area contributed by atoms with Gasteiger partial charge in [-0.15, -0.1) is 0 Å². The second-order valence-corrected chi connectivity index (χ2v) is 18.0. The molecule has 16 nitrogen and oxygen atoms in total. The molecule has 8 atom stereocenters. The van der Waals surface area contributed by atoms with Gasteiger partial charge in [0.05, 0.1) is 71.3 Å². The summed E-state index contributed by atoms with van der Waals surface area (Å²) in [6, 6.07) is 16.6. The summed E-state index contributed by atoms with van der Waals surface area (Å²) in [6.07, 6.45) is 4.12. The standard InChI is InChI=1S/C46H50N10O6/c1-21(2)39(53-45(59)61-5)43(57)55-35-16-26(35)18-37(55)41-49-29-11-8-24(14-32(29)51-41)23-7-10-28-31(13-23)47-20-34(48-28)25-9-12-30-33(15-25)52-42(50-30)38-19-27-17-36(27)56(38)44(58)40(22(3)4)54-46(60)62-6/h7-15,20-22,26-27,35-40H,16-19H2,1-6H3,(H,49,51)(H,50,52)(H,53,59)(H,54,60)/t26-,27-,35-,36-,37+,38+,39+,40+/m1/s1. The van der Waals surface area contributed by atoms with Gasteiger partial charge >= 0.3 is 12.2 Å². The first-order chi connectivity index (χ1) is 29.9. The number of amides is 4. The second kappa shape index (κ2) is 15.1. The lowest BCUT2D eigenvalue weighted by Crippen LogP contribution is -2.52. The Labute approximate surface area is 357 Å². The summed E-state index contributed by atoms with van der Waals surface area (Å²) < 4.78 is 9.63. The van der Waals surface area contributed by atoms with Crippen LogP contribution in [0.1, 0.15) is 77.1 Å². The Morgan fingerprint density at radius 1 is 0.613 bits per heavy atom. The smallest absolute Gasteiger partial charge is 0.407 e. The lowest BCUT2D eigenvalue weighted by atomic mass is 10.0. The number of benzene rings is 3. The van der Waals surface area contributed by atoms with Gasteiger partial charge in [0.15, 0.2) is 0 Å². The number of nitrogens with one attached hydrogen (secondary N) is 4. The number of alkyl carbamates (subject to hydrolysis) is 2. The average molecular weight is 839 g/mol. The number of hydrogen-bond donors (Lipinski definition) is 4. The van der Waals surface area contributed by atoms with Crippen molar-refractivity contribution >= 4 is 57.1 Å². The van der Waals surface area contributed by atoms with E-state index in [4.69, 9.17) is 29.4 Å². The van der Waals surface area contributed by atoms with Gasteiger partial charge in [0.1, 0.15) is 23.7 Å². The van der Waals surface area contributed by atoms with Crippen LogP contribution in [0, 0.1) is 23.7 Å². The quantitative estimate of drug-likeness (QED) is 0.114. The zero-order valence-electron chi connectivity index (χ0n) is 35.5. The molecule has 4 amide bonds. The van der Waals surface area contributed by atoms with Gasteiger partial charge in [-0.2, -0.15) is 0 Å². The summed E-state index contributed by atoms with van der Waals surface area (Å²) in [5, 5.41) is 5.49. The van der Waals surface area contributed by atoms with Crippen LogP contribution in [0.3, 0.4) is 0 Å². The number of nitrogens with zero attached hydrogens (tertiary/aromatic N) is 6. The van der Waals surface area contributed by atoms with Crippen LogP contribution in [0.4, 0.5) is 9.59 Å². The summed E-state index contributed by atoms with van der Waals surface area (Å²) in [6.45, 7) is 7.67. The number of methoxy groups -OCH3 is 2. The van der Waals surface area contributed by atoms with E-state index in [0.29, 0.717) is 11.8 Å². The lowest BCUT2D eigenvalue weighted by Gasteiger charge is -2.31. The zero-order chi connectivity index (χ0) is 43.1. The predicted octanol–water partition coefficient (Wildman–Crippen LogP) is 6.80. The van der Waals surface area contributed by atoms with E-state index in [0.717, 1.165) is 92.8 Å². The highest BCUT2D eigenvalue weighted by molar-refractivity contribution is 5.90. The molecule has 0 spiro atoms. The number of ether oxygens (including phenoxy) is 2. The van der Waals surface area contributed by atoms with Crippen LogP contribution in [0.25, 0.3) is 55.5 Å². The molecule has 3 aromatic heterocycles. The minimum atomic E-state index is -0.696. The van der Waals surface area contributed by atoms with Crippen molar-refractivity contribution in [3.63, 3.8) is 0 Å². The van der Waals surface area contributed by atoms with Gasteiger partial charge in [-0.3, -0.25) is 14.6 Å². The van der Waals surface area contributed by atoms with Crippen LogP contribution < -0.4 is 10.6 Å². The van der Waals surface area contributed by atoms with Crippen molar-refractivity contribution in [2.45, 2.75) is 89.6 Å². The highest BCUT2D eigenvalue weighted by Crippen LogP contribution is 2.54. The van der Waals surface area contributed by atoms with E-state index in [1.54, 1.807) is 6.20 Å². The summed E-state index contributed by atoms with van der Waals surface area (Å²) in [5.74, 6) is 1.89. The molecule has 320 valence electrons. The molecule has 2 aliphatic heterocycles. The minimum absolute atomic E-state index is 0.108. The number of aromatic nitrogens is 6. The predicted molar refractivity (Wildman–Crippen MR) is 230 cm³/mol. The van der Waals surface area contributed by atoms with Crippen LogP contribution in [0.15, 0.2) is 60.8 Å². The van der Waals surface area contributed by atoms with E-state index in [9.17, 15) is 19.2 Å². The third-order valence-corrected chi connectivity index (χ3v) is 13.3. The van der Waals surface area contributed by atoms with Crippen molar-refractivity contribution in [3.05, 3.63) is 72.4 Å². The molecule has 4 fully saturated rings. The third-order valence-electron chi connectivity index (χ3n) is 13.3. The number of piperidine rings is 2. The number of imidazole rings is 2. The Balaban J connectivity index is 0.868. The number of carbonyl (C=O) groups is 4. The SMILES string of the molecule is COC(=O)N[C@H](C(=O)N1[C@@H]2C[C@@H]2C[C@H]1c1nc2ccc(-c3ccc4nc(-c5ccc6nc([C@@H]7C[C@H]8C[C@H]8N7C(=O)[C@@H](NC(=O)OC)C(C)C)[nH]c6c5)cnc4c3)cc2[nH]1)C(C)C. The fourth-order valence-corrected chi connectivity index (χ4v) is 9.80. The largest absolute Gasteiger partial charge is 0.453 e. The maximum absolute atomic E-state index is 13.9. The van der Waals surface area contributed by atoms with Crippen molar-refractivity contribution in [2.75, 3.05) is 14.2 Å². The monoisotopic (exact) mass is 838 g/mol. The van der Waals surface area contributed by atoms with Gasteiger partial charge in [0, 0.05) is 17.6 Å². The zero-order valence-corrected chi connectivity index (χ0v) is 35.5. The third kappa shape index (κ3) is 6.94. The maximum Gasteiger partial charge on any atom is 0.407 e. The van der Waals surface area contributed by atoms with Gasteiger partial charge in [0.2, 0.25) is 11.8 Å². The van der Waals surface area contributed by atoms with Gasteiger partial charge in [-0.25, -0.2) is 24.5 Å². The summed E-state index contributed by atoms with van der Waals surface area (Å²) in [4.78, 5) is 82.6. The van der Waals surface area contributed by atoms with Crippen molar-refractivity contribution in [3.8, 4) is 22.4 Å². The van der Waals surface area contributed by atoms with E-state index < -0.39 is 24.3 Å². The molecule has 2 aliphatic carbocycles. The van der Waals surface area contributed by atoms with Gasteiger partial charge in [-0.05, 0) is 96.9 Å². The molecule has 62 heavy (non-hydrogen) atoms. The minimum Gasteiger partial charge on any atom is -0.453 e. The fraction of sp³-hybridized carbons (Fsp3) is 0.435. The van der Waals surface area contributed by atoms with Crippen LogP contribution in [0.2, 0.25) is 0 Å². The first-order valence-electron chi connectivity index (χ1n) is 21.5. The first kappa shape index (κ1) is 39.5. The number of hydrogen-bond acceptors (Lipinski definition) is 10. The molecule has 0 radical (unpaired) electrons. The van der Waals surface area contributed by atoms with Crippen LogP contribution in [-0.2, 0) is 19.1 Å². The molecule has 10 rings (SSSR count). The molecule has 4 N–H and O–H groups in total. The Morgan fingerprint density at radius 2 is 1.08 bits per heavy atom. The topological polar surface area (TPSA) is 200 Å². The lowest BCUT2D eigenvalue weighted by molar-refractivity contribution is -0.137. The van der Waals surface area contributed by atoms with Crippen molar-refractivity contribution < 1.29 is 28.7 Å². The summed E-state index contributed by atoms with van der Waals surface area (Å²) in [7, 11) is 2.60. The highest BCUT2D eigenvalue weighted by Gasteiger charge is 2.57. The number of H-pyrrole nitrogens is 2. The van der Waals surface area contributed by atoms with E-state index in [1.807, 2.05) is 86.0 Å². The van der Waals surface area contributed by atoms with E-state index >= 15 is 0 Å². The normalized spacial score (nSPS) is 23.4. The van der Waals surface area contributed by atoms with E-state index in [2.05, 4.69) is 26.7 Å². The van der Waals surface area contributed by atoms with Crippen LogP contribution in [-0.4, -0.2) is 102 Å². The molecule has 5 heterocycles. The molecule has 2 saturated carbocycles. The molecule has 0 unspecified atom stereocenters. The Bertz CT molecular complexity index is 2590. The Hall–Kier alpha value is -6.58. The number of likely N-dealkylation sites (tertiary alicyclic amines) is 2. The molecule has 0 bridgehead atoms. The molecular formula is C46H50N10O6. The average Bonchev–Trinajstić information content (AvgIpc) is 3.93. The number of rotatable bonds is 10. The number of aromatic amines is 2. The van der Waals surface area contributed by atoms with Crippen molar-refractivity contribution in [2.24, 2.45) is 23.7 Å². The highest BCUT2D eigenvalue weighted by atomic mass is 16.5. The summed E-state index contributed by atoms with van der Waals surface area (Å²) >= 11 is 0. The maximum atomic E-state index is 13.9. The van der Waals surface area contributed by atoms with E-state index in [-0.39, 0.29) is 47.8 Å². The van der Waals surface area contributed by atoms with E-state index in [1.165, 1.54) is 14.2 Å². The second-order valence-electron chi connectivity index (χ2n) is 18.0. The molecule has 16 heteroatoms. The fourth-order valence-electron chi connectivity index (χ4n) is 9.80. The Kier molecular flexibility index (Phi) is 9.63. The number of carbonyl (C=O) groups excluding carboxylic acids is 4. The molecule has 2 saturated heterocycles. The van der Waals surface area contributed by atoms with Crippen LogP contribution >= 0.6 is 0 Å². The summed E-state index contributed by atoms with van der Waals surface area (Å²) in [5.41, 5.74) is 8.41. The van der Waals surface area contributed by atoms with Gasteiger partial charge in [0.25, 0.3) is 0 Å². The van der Waals surface area contributed by atoms with Gasteiger partial charge in [-0.1, -0.05) is 45.9 Å². The molecule has 6 aromatic rings. The number of fused-ring (bicyclic) bond motifs is 5. The molecule has 4 aliphatic rings. The Morgan fingerprint density at radius 3 is 1.58 bits per heavy atom. The molecular weight excluding hydrogens is 789 g/mol. The van der Waals surface area contributed by atoms with Crippen molar-refractivity contribution in [1.29, 1.82) is 0 Å².